The Morgan fingerprint density at radius 3 is 2.82 bits per heavy atom. The maximum absolute atomic E-state index is 11.9. The van der Waals surface area contributed by atoms with Crippen molar-refractivity contribution in [3.8, 4) is 17.2 Å². The predicted octanol–water partition coefficient (Wildman–Crippen LogP) is 3.25. The summed E-state index contributed by atoms with van der Waals surface area (Å²) in [6.45, 7) is 0.721. The molecule has 0 bridgehead atoms. The van der Waals surface area contributed by atoms with Gasteiger partial charge in [-0.25, -0.2) is 4.79 Å². The van der Waals surface area contributed by atoms with Crippen LogP contribution in [0.5, 0.6) is 17.2 Å². The molecule has 4 heteroatoms. The molecule has 0 saturated carbocycles. The molecule has 2 aromatic carbocycles. The molecular formula is C18H16O4. The summed E-state index contributed by atoms with van der Waals surface area (Å²) in [5, 5.41) is 0. The molecule has 0 N–H and O–H groups in total. The number of carbonyl (C=O) groups is 1. The molecule has 1 aliphatic heterocycles. The Balaban J connectivity index is 1.69. The van der Waals surface area contributed by atoms with E-state index in [1.54, 1.807) is 24.3 Å². The van der Waals surface area contributed by atoms with E-state index in [4.69, 9.17) is 14.2 Å². The standard InChI is InChI=1S/C18H16O4/c1-20-16-4-2-3-5-17(16)22-18(19)9-7-13-6-8-15-14(12-13)10-11-21-15/h2-9,12H,10-11H2,1H3/b9-7+. The third kappa shape index (κ3) is 3.11. The van der Waals surface area contributed by atoms with Crippen molar-refractivity contribution in [3.63, 3.8) is 0 Å². The molecule has 0 aromatic heterocycles. The van der Waals surface area contributed by atoms with Gasteiger partial charge in [-0.3, -0.25) is 0 Å². The molecule has 2 aromatic rings. The van der Waals surface area contributed by atoms with E-state index in [-0.39, 0.29) is 0 Å². The Morgan fingerprint density at radius 1 is 1.18 bits per heavy atom. The minimum Gasteiger partial charge on any atom is -0.493 e. The minimum absolute atomic E-state index is 0.405. The highest BCUT2D eigenvalue weighted by Gasteiger charge is 2.11. The van der Waals surface area contributed by atoms with Gasteiger partial charge in [0.2, 0.25) is 0 Å². The zero-order valence-electron chi connectivity index (χ0n) is 12.2. The zero-order valence-corrected chi connectivity index (χ0v) is 12.2. The van der Waals surface area contributed by atoms with Crippen LogP contribution in [0, 0.1) is 0 Å². The third-order valence-electron chi connectivity index (χ3n) is 3.40. The predicted molar refractivity (Wildman–Crippen MR) is 83.3 cm³/mol. The topological polar surface area (TPSA) is 44.8 Å². The maximum Gasteiger partial charge on any atom is 0.336 e. The average Bonchev–Trinajstić information content (AvgIpc) is 3.01. The van der Waals surface area contributed by atoms with E-state index >= 15 is 0 Å². The van der Waals surface area contributed by atoms with Gasteiger partial charge in [0.1, 0.15) is 5.75 Å². The number of fused-ring (bicyclic) bond motifs is 1. The number of methoxy groups -OCH3 is 1. The van der Waals surface area contributed by atoms with Gasteiger partial charge in [-0.1, -0.05) is 18.2 Å². The molecular weight excluding hydrogens is 280 g/mol. The van der Waals surface area contributed by atoms with Crippen LogP contribution in [0.1, 0.15) is 11.1 Å². The Bertz CT molecular complexity index is 719. The Labute approximate surface area is 128 Å². The van der Waals surface area contributed by atoms with Crippen molar-refractivity contribution >= 4 is 12.0 Å². The van der Waals surface area contributed by atoms with Crippen LogP contribution in [0.2, 0.25) is 0 Å². The SMILES string of the molecule is COc1ccccc1OC(=O)/C=C/c1ccc2c(c1)CCO2. The Hall–Kier alpha value is -2.75. The van der Waals surface area contributed by atoms with Crippen LogP contribution in [0.15, 0.2) is 48.5 Å². The molecule has 0 fully saturated rings. The number of benzene rings is 2. The minimum atomic E-state index is -0.443. The van der Waals surface area contributed by atoms with Crippen LogP contribution < -0.4 is 14.2 Å². The molecule has 0 unspecified atom stereocenters. The van der Waals surface area contributed by atoms with Gasteiger partial charge in [0.15, 0.2) is 11.5 Å². The average molecular weight is 296 g/mol. The summed E-state index contributed by atoms with van der Waals surface area (Å²) in [5.41, 5.74) is 2.11. The van der Waals surface area contributed by atoms with Gasteiger partial charge in [-0.15, -0.1) is 0 Å². The molecule has 0 spiro atoms. The van der Waals surface area contributed by atoms with Gasteiger partial charge in [-0.2, -0.15) is 0 Å². The third-order valence-corrected chi connectivity index (χ3v) is 3.40. The van der Waals surface area contributed by atoms with Crippen molar-refractivity contribution in [1.82, 2.24) is 0 Å². The van der Waals surface area contributed by atoms with E-state index in [9.17, 15) is 4.79 Å². The molecule has 0 saturated heterocycles. The molecule has 1 aliphatic rings. The van der Waals surface area contributed by atoms with Crippen LogP contribution in [-0.4, -0.2) is 19.7 Å². The van der Waals surface area contributed by atoms with E-state index in [2.05, 4.69) is 0 Å². The van der Waals surface area contributed by atoms with E-state index < -0.39 is 5.97 Å². The number of esters is 1. The van der Waals surface area contributed by atoms with E-state index in [1.165, 1.54) is 18.7 Å². The second-order valence-electron chi connectivity index (χ2n) is 4.87. The monoisotopic (exact) mass is 296 g/mol. The molecule has 0 atom stereocenters. The Morgan fingerprint density at radius 2 is 2.00 bits per heavy atom. The Kier molecular flexibility index (Phi) is 4.10. The summed E-state index contributed by atoms with van der Waals surface area (Å²) < 4.78 is 15.9. The lowest BCUT2D eigenvalue weighted by Gasteiger charge is -2.06. The lowest BCUT2D eigenvalue weighted by molar-refractivity contribution is -0.129. The van der Waals surface area contributed by atoms with E-state index in [1.807, 2.05) is 24.3 Å². The van der Waals surface area contributed by atoms with Crippen molar-refractivity contribution in [2.45, 2.75) is 6.42 Å². The number of rotatable bonds is 4. The largest absolute Gasteiger partial charge is 0.493 e. The highest BCUT2D eigenvalue weighted by atomic mass is 16.6. The summed E-state index contributed by atoms with van der Waals surface area (Å²) >= 11 is 0. The van der Waals surface area contributed by atoms with Gasteiger partial charge < -0.3 is 14.2 Å². The number of para-hydroxylation sites is 2. The van der Waals surface area contributed by atoms with Crippen LogP contribution in [0.4, 0.5) is 0 Å². The molecule has 0 amide bonds. The van der Waals surface area contributed by atoms with Crippen LogP contribution >= 0.6 is 0 Å². The van der Waals surface area contributed by atoms with Gasteiger partial charge in [0, 0.05) is 12.5 Å². The fraction of sp³-hybridized carbons (Fsp3) is 0.167. The lowest BCUT2D eigenvalue weighted by atomic mass is 10.1. The molecule has 0 radical (unpaired) electrons. The van der Waals surface area contributed by atoms with Crippen molar-refractivity contribution < 1.29 is 19.0 Å². The fourth-order valence-electron chi connectivity index (χ4n) is 2.32. The molecule has 4 nitrogen and oxygen atoms in total. The quantitative estimate of drug-likeness (QED) is 0.493. The summed E-state index contributed by atoms with van der Waals surface area (Å²) in [6.07, 6.45) is 4.04. The van der Waals surface area contributed by atoms with Crippen LogP contribution in [0.25, 0.3) is 6.08 Å². The van der Waals surface area contributed by atoms with Gasteiger partial charge >= 0.3 is 5.97 Å². The number of hydrogen-bond donors (Lipinski definition) is 0. The maximum atomic E-state index is 11.9. The van der Waals surface area contributed by atoms with Crippen molar-refractivity contribution in [2.75, 3.05) is 13.7 Å². The zero-order chi connectivity index (χ0) is 15.4. The summed E-state index contributed by atoms with van der Waals surface area (Å²) in [5.74, 6) is 1.41. The van der Waals surface area contributed by atoms with Crippen molar-refractivity contribution in [1.29, 1.82) is 0 Å². The number of hydrogen-bond acceptors (Lipinski definition) is 4. The molecule has 1 heterocycles. The van der Waals surface area contributed by atoms with E-state index in [0.29, 0.717) is 11.5 Å². The first-order chi connectivity index (χ1) is 10.8. The number of ether oxygens (including phenoxy) is 3. The van der Waals surface area contributed by atoms with Crippen LogP contribution in [-0.2, 0) is 11.2 Å². The summed E-state index contributed by atoms with van der Waals surface area (Å²) in [6, 6.07) is 12.9. The van der Waals surface area contributed by atoms with Gasteiger partial charge in [0.05, 0.1) is 13.7 Å². The molecule has 0 aliphatic carbocycles. The first-order valence-electron chi connectivity index (χ1n) is 7.05. The number of carbonyl (C=O) groups excluding carboxylic acids is 1. The summed E-state index contributed by atoms with van der Waals surface area (Å²) in [7, 11) is 1.54. The van der Waals surface area contributed by atoms with Gasteiger partial charge in [0.25, 0.3) is 0 Å². The molecule has 112 valence electrons. The second kappa shape index (κ2) is 6.35. The molecule has 22 heavy (non-hydrogen) atoms. The smallest absolute Gasteiger partial charge is 0.336 e. The van der Waals surface area contributed by atoms with Crippen LogP contribution in [0.3, 0.4) is 0 Å². The normalized spacial score (nSPS) is 12.8. The highest BCUT2D eigenvalue weighted by Crippen LogP contribution is 2.27. The van der Waals surface area contributed by atoms with Crippen molar-refractivity contribution in [3.05, 3.63) is 59.7 Å². The fourth-order valence-corrected chi connectivity index (χ4v) is 2.32. The lowest BCUT2D eigenvalue weighted by Crippen LogP contribution is -2.04. The van der Waals surface area contributed by atoms with E-state index in [0.717, 1.165) is 24.3 Å². The first-order valence-corrected chi connectivity index (χ1v) is 7.05. The van der Waals surface area contributed by atoms with Crippen molar-refractivity contribution in [2.24, 2.45) is 0 Å². The molecule has 3 rings (SSSR count). The van der Waals surface area contributed by atoms with Gasteiger partial charge in [-0.05, 0) is 41.5 Å². The highest BCUT2D eigenvalue weighted by molar-refractivity contribution is 5.89. The first kappa shape index (κ1) is 14.2. The second-order valence-corrected chi connectivity index (χ2v) is 4.87. The summed E-state index contributed by atoms with van der Waals surface area (Å²) in [4.78, 5) is 11.9.